The van der Waals surface area contributed by atoms with Crippen LogP contribution in [0.3, 0.4) is 0 Å². The molecule has 2 N–H and O–H groups in total. The van der Waals surface area contributed by atoms with Crippen LogP contribution in [0, 0.1) is 18.3 Å². The maximum atomic E-state index is 13.6. The van der Waals surface area contributed by atoms with Crippen LogP contribution in [0.5, 0.6) is 0 Å². The smallest absolute Gasteiger partial charge is 0.192 e. The fourth-order valence-electron chi connectivity index (χ4n) is 3.45. The Morgan fingerprint density at radius 3 is 2.45 bits per heavy atom. The average molecular weight is 421 g/mol. The highest BCUT2D eigenvalue weighted by molar-refractivity contribution is 8.17. The SMILES string of the molecule is CC1=NN2C(N)=C(C#N)C(c3ccc(C)cc3)C(C(=O)c3ccc(Cl)cc3)=C2S1. The molecule has 0 saturated carbocycles. The molecule has 2 aliphatic heterocycles. The lowest BCUT2D eigenvalue weighted by Crippen LogP contribution is -2.31. The Bertz CT molecular complexity index is 1140. The van der Waals surface area contributed by atoms with Crippen LogP contribution in [0.4, 0.5) is 0 Å². The molecule has 4 rings (SSSR count). The summed E-state index contributed by atoms with van der Waals surface area (Å²) in [5.74, 6) is -0.487. The maximum Gasteiger partial charge on any atom is 0.192 e. The van der Waals surface area contributed by atoms with Gasteiger partial charge in [0.15, 0.2) is 5.78 Å². The van der Waals surface area contributed by atoms with E-state index in [0.29, 0.717) is 26.8 Å². The summed E-state index contributed by atoms with van der Waals surface area (Å²) in [4.78, 5) is 13.6. The quantitative estimate of drug-likeness (QED) is 0.713. The number of nitrogens with two attached hydrogens (primary N) is 1. The first kappa shape index (κ1) is 19.3. The molecule has 0 radical (unpaired) electrons. The second kappa shape index (κ2) is 7.43. The van der Waals surface area contributed by atoms with E-state index in [9.17, 15) is 10.1 Å². The van der Waals surface area contributed by atoms with Crippen LogP contribution in [0.25, 0.3) is 0 Å². The van der Waals surface area contributed by atoms with Crippen molar-refractivity contribution < 1.29 is 4.79 Å². The predicted molar refractivity (Wildman–Crippen MR) is 116 cm³/mol. The van der Waals surface area contributed by atoms with Crippen LogP contribution >= 0.6 is 23.4 Å². The number of carbonyl (C=O) groups excluding carboxylic acids is 1. The molecular weight excluding hydrogens is 404 g/mol. The second-order valence-electron chi connectivity index (χ2n) is 6.84. The van der Waals surface area contributed by atoms with E-state index in [4.69, 9.17) is 17.3 Å². The van der Waals surface area contributed by atoms with Gasteiger partial charge in [-0.2, -0.15) is 10.4 Å². The molecule has 0 amide bonds. The Labute approximate surface area is 178 Å². The average Bonchev–Trinajstić information content (AvgIpc) is 3.10. The molecule has 144 valence electrons. The summed E-state index contributed by atoms with van der Waals surface area (Å²) in [5.41, 5.74) is 9.55. The molecule has 0 spiro atoms. The van der Waals surface area contributed by atoms with E-state index in [2.05, 4.69) is 11.2 Å². The Hall–Kier alpha value is -3.01. The minimum absolute atomic E-state index is 0.176. The normalized spacial score (nSPS) is 18.5. The number of carbonyl (C=O) groups is 1. The minimum atomic E-state index is -0.566. The molecule has 2 aromatic carbocycles. The molecule has 0 bridgehead atoms. The van der Waals surface area contributed by atoms with Crippen LogP contribution in [0.2, 0.25) is 5.02 Å². The van der Waals surface area contributed by atoms with Gasteiger partial charge in [-0.05, 0) is 43.7 Å². The van der Waals surface area contributed by atoms with Gasteiger partial charge >= 0.3 is 0 Å². The molecule has 2 heterocycles. The number of hydrogen-bond donors (Lipinski definition) is 1. The summed E-state index contributed by atoms with van der Waals surface area (Å²) in [7, 11) is 0. The van der Waals surface area contributed by atoms with Crippen molar-refractivity contribution in [2.24, 2.45) is 10.8 Å². The van der Waals surface area contributed by atoms with Crippen molar-refractivity contribution in [1.82, 2.24) is 5.01 Å². The number of hydrogen-bond acceptors (Lipinski definition) is 6. The number of fused-ring (bicyclic) bond motifs is 1. The van der Waals surface area contributed by atoms with Gasteiger partial charge in [-0.3, -0.25) is 4.79 Å². The summed E-state index contributed by atoms with van der Waals surface area (Å²) in [6.07, 6.45) is 0. The third-order valence-electron chi connectivity index (χ3n) is 4.87. The van der Waals surface area contributed by atoms with Crippen molar-refractivity contribution in [3.8, 4) is 6.07 Å². The largest absolute Gasteiger partial charge is 0.383 e. The van der Waals surface area contributed by atoms with Crippen LogP contribution in [-0.4, -0.2) is 15.8 Å². The fourth-order valence-corrected chi connectivity index (χ4v) is 4.53. The fraction of sp³-hybridized carbons (Fsp3) is 0.136. The highest BCUT2D eigenvalue weighted by Gasteiger charge is 2.41. The number of nitriles is 1. The lowest BCUT2D eigenvalue weighted by atomic mass is 9.80. The van der Waals surface area contributed by atoms with Gasteiger partial charge in [0.05, 0.1) is 22.6 Å². The zero-order valence-corrected chi connectivity index (χ0v) is 17.4. The monoisotopic (exact) mass is 420 g/mol. The molecule has 29 heavy (non-hydrogen) atoms. The lowest BCUT2D eigenvalue weighted by Gasteiger charge is -2.31. The molecule has 0 saturated heterocycles. The molecule has 0 aromatic heterocycles. The van der Waals surface area contributed by atoms with Crippen molar-refractivity contribution in [2.45, 2.75) is 19.8 Å². The summed E-state index contributed by atoms with van der Waals surface area (Å²) in [6.45, 7) is 3.84. The van der Waals surface area contributed by atoms with E-state index in [0.717, 1.165) is 16.2 Å². The minimum Gasteiger partial charge on any atom is -0.383 e. The van der Waals surface area contributed by atoms with E-state index in [1.807, 2.05) is 38.1 Å². The number of nitrogens with zero attached hydrogens (tertiary/aromatic N) is 3. The Balaban J connectivity index is 1.94. The number of rotatable bonds is 3. The molecular formula is C22H17ClN4OS. The number of allylic oxidation sites excluding steroid dienone is 2. The standard InChI is InChI=1S/C22H17ClN4OS/c1-12-3-5-14(6-4-12)18-17(11-24)21(25)27-22(29-13(2)26-27)19(18)20(28)15-7-9-16(23)10-8-15/h3-10,18H,25H2,1-2H3. The van der Waals surface area contributed by atoms with Crippen LogP contribution in [0.15, 0.2) is 75.6 Å². The molecule has 7 heteroatoms. The Kier molecular flexibility index (Phi) is 4.95. The van der Waals surface area contributed by atoms with Crippen molar-refractivity contribution in [1.29, 1.82) is 5.26 Å². The van der Waals surface area contributed by atoms with E-state index in [1.54, 1.807) is 24.3 Å². The number of thioether (sulfide) groups is 1. The Morgan fingerprint density at radius 2 is 1.83 bits per heavy atom. The summed E-state index contributed by atoms with van der Waals surface area (Å²) in [6, 6.07) is 16.8. The van der Waals surface area contributed by atoms with Crippen LogP contribution in [0.1, 0.15) is 34.3 Å². The molecule has 1 unspecified atom stereocenters. The second-order valence-corrected chi connectivity index (χ2v) is 8.46. The zero-order chi connectivity index (χ0) is 20.7. The molecule has 1 atom stereocenters. The molecule has 0 fully saturated rings. The van der Waals surface area contributed by atoms with E-state index < -0.39 is 5.92 Å². The lowest BCUT2D eigenvalue weighted by molar-refractivity contribution is 0.102. The van der Waals surface area contributed by atoms with E-state index in [1.165, 1.54) is 16.8 Å². The molecule has 2 aromatic rings. The topological polar surface area (TPSA) is 82.5 Å². The first-order valence-electron chi connectivity index (χ1n) is 8.94. The van der Waals surface area contributed by atoms with E-state index >= 15 is 0 Å². The highest BCUT2D eigenvalue weighted by atomic mass is 35.5. The van der Waals surface area contributed by atoms with Crippen molar-refractivity contribution in [3.63, 3.8) is 0 Å². The van der Waals surface area contributed by atoms with Gasteiger partial charge in [-0.25, -0.2) is 5.01 Å². The maximum absolute atomic E-state index is 13.6. The third-order valence-corrected chi connectivity index (χ3v) is 6.09. The Morgan fingerprint density at radius 1 is 1.17 bits per heavy atom. The van der Waals surface area contributed by atoms with E-state index in [-0.39, 0.29) is 11.6 Å². The van der Waals surface area contributed by atoms with Crippen molar-refractivity contribution >= 4 is 34.2 Å². The third kappa shape index (κ3) is 3.33. The van der Waals surface area contributed by atoms with Gasteiger partial charge in [-0.15, -0.1) is 0 Å². The van der Waals surface area contributed by atoms with Gasteiger partial charge in [0.25, 0.3) is 0 Å². The first-order valence-corrected chi connectivity index (χ1v) is 10.1. The van der Waals surface area contributed by atoms with Crippen LogP contribution in [-0.2, 0) is 0 Å². The number of hydrazone groups is 1. The first-order chi connectivity index (χ1) is 13.9. The van der Waals surface area contributed by atoms with Gasteiger partial charge in [-0.1, -0.05) is 53.2 Å². The van der Waals surface area contributed by atoms with Gasteiger partial charge in [0.2, 0.25) is 0 Å². The van der Waals surface area contributed by atoms with Gasteiger partial charge < -0.3 is 5.73 Å². The highest BCUT2D eigenvalue weighted by Crippen LogP contribution is 2.48. The molecule has 5 nitrogen and oxygen atoms in total. The number of Topliss-reactive ketones (excluding diaryl/α,β-unsaturated/α-hetero) is 1. The van der Waals surface area contributed by atoms with Gasteiger partial charge in [0.1, 0.15) is 10.9 Å². The number of benzene rings is 2. The van der Waals surface area contributed by atoms with Crippen molar-refractivity contribution in [2.75, 3.05) is 0 Å². The van der Waals surface area contributed by atoms with Gasteiger partial charge in [0, 0.05) is 16.2 Å². The summed E-state index contributed by atoms with van der Waals surface area (Å²) in [5, 5.41) is 17.8. The molecule has 0 aliphatic carbocycles. The summed E-state index contributed by atoms with van der Waals surface area (Å²) >= 11 is 7.38. The number of aryl methyl sites for hydroxylation is 1. The zero-order valence-electron chi connectivity index (χ0n) is 15.8. The molecule has 2 aliphatic rings. The number of halogens is 1. The predicted octanol–water partition coefficient (Wildman–Crippen LogP) is 4.92. The number of ketones is 1. The summed E-state index contributed by atoms with van der Waals surface area (Å²) < 4.78 is 0. The van der Waals surface area contributed by atoms with Crippen LogP contribution < -0.4 is 5.73 Å². The van der Waals surface area contributed by atoms with Crippen molar-refractivity contribution in [3.05, 3.63) is 92.2 Å².